The lowest BCUT2D eigenvalue weighted by atomic mass is 10.6. The number of urea groups is 1. The molecular weight excluding hydrogens is 92.1 g/mol. The van der Waals surface area contributed by atoms with Crippen molar-refractivity contribution >= 4 is 6.03 Å². The Hall–Kier alpha value is -0.990. The SMILES string of the molecule is NC(=O)NC1C=C1. The second kappa shape index (κ2) is 1.26. The van der Waals surface area contributed by atoms with Gasteiger partial charge in [-0.1, -0.05) is 12.2 Å². The van der Waals surface area contributed by atoms with Gasteiger partial charge in [0.25, 0.3) is 0 Å². The van der Waals surface area contributed by atoms with E-state index in [1.54, 1.807) is 0 Å². The molecule has 1 aliphatic rings. The Bertz CT molecular complexity index is 113. The normalized spacial score (nSPS) is 16.6. The molecule has 0 saturated heterocycles. The van der Waals surface area contributed by atoms with Crippen molar-refractivity contribution in [1.29, 1.82) is 0 Å². The van der Waals surface area contributed by atoms with Gasteiger partial charge in [-0.2, -0.15) is 0 Å². The van der Waals surface area contributed by atoms with Crippen LogP contribution in [0.3, 0.4) is 0 Å². The van der Waals surface area contributed by atoms with Crippen LogP contribution >= 0.6 is 0 Å². The van der Waals surface area contributed by atoms with Crippen molar-refractivity contribution in [2.45, 2.75) is 6.04 Å². The molecule has 1 rings (SSSR count). The minimum atomic E-state index is -0.463. The third kappa shape index (κ3) is 1.26. The first-order valence-corrected chi connectivity index (χ1v) is 2.03. The van der Waals surface area contributed by atoms with E-state index in [2.05, 4.69) is 5.32 Å². The van der Waals surface area contributed by atoms with Gasteiger partial charge in [-0.15, -0.1) is 0 Å². The Morgan fingerprint density at radius 2 is 2.29 bits per heavy atom. The van der Waals surface area contributed by atoms with Gasteiger partial charge >= 0.3 is 6.03 Å². The molecule has 0 spiro atoms. The number of carbonyl (C=O) groups excluding carboxylic acids is 1. The van der Waals surface area contributed by atoms with Crippen LogP contribution in [0.25, 0.3) is 0 Å². The minimum Gasteiger partial charge on any atom is -0.352 e. The van der Waals surface area contributed by atoms with E-state index in [-0.39, 0.29) is 6.04 Å². The number of hydrogen-bond donors (Lipinski definition) is 2. The molecule has 1 aliphatic carbocycles. The van der Waals surface area contributed by atoms with E-state index < -0.39 is 6.03 Å². The highest BCUT2D eigenvalue weighted by atomic mass is 16.2. The Balaban J connectivity index is 2.10. The van der Waals surface area contributed by atoms with Crippen LogP contribution < -0.4 is 11.1 Å². The first-order chi connectivity index (χ1) is 3.29. The molecule has 0 atom stereocenters. The predicted molar refractivity (Wildman–Crippen MR) is 25.6 cm³/mol. The topological polar surface area (TPSA) is 55.1 Å². The molecule has 0 fully saturated rings. The molecule has 2 amide bonds. The van der Waals surface area contributed by atoms with Crippen molar-refractivity contribution in [2.75, 3.05) is 0 Å². The molecule has 3 nitrogen and oxygen atoms in total. The van der Waals surface area contributed by atoms with Gasteiger partial charge in [0.05, 0.1) is 6.04 Å². The van der Waals surface area contributed by atoms with Crippen molar-refractivity contribution < 1.29 is 4.79 Å². The summed E-state index contributed by atoms with van der Waals surface area (Å²) in [7, 11) is 0. The Morgan fingerprint density at radius 1 is 1.71 bits per heavy atom. The zero-order chi connectivity index (χ0) is 5.28. The van der Waals surface area contributed by atoms with Crippen molar-refractivity contribution in [3.63, 3.8) is 0 Å². The molecule has 7 heavy (non-hydrogen) atoms. The molecule has 0 aromatic rings. The van der Waals surface area contributed by atoms with E-state index in [1.807, 2.05) is 12.2 Å². The summed E-state index contributed by atoms with van der Waals surface area (Å²) in [6, 6.07) is -0.313. The molecule has 0 aromatic heterocycles. The number of nitrogens with two attached hydrogens (primary N) is 1. The number of primary amides is 1. The van der Waals surface area contributed by atoms with Crippen molar-refractivity contribution in [1.82, 2.24) is 5.32 Å². The van der Waals surface area contributed by atoms with Gasteiger partial charge in [0, 0.05) is 0 Å². The number of amides is 2. The van der Waals surface area contributed by atoms with Gasteiger partial charge in [-0.05, 0) is 0 Å². The van der Waals surface area contributed by atoms with Crippen LogP contribution in [0, 0.1) is 0 Å². The second-order valence-corrected chi connectivity index (χ2v) is 1.42. The highest BCUT2D eigenvalue weighted by molar-refractivity contribution is 5.73. The molecule has 38 valence electrons. The van der Waals surface area contributed by atoms with Crippen molar-refractivity contribution in [3.05, 3.63) is 12.2 Å². The Morgan fingerprint density at radius 3 is 2.43 bits per heavy atom. The monoisotopic (exact) mass is 98.0 g/mol. The first kappa shape index (κ1) is 4.18. The molecule has 0 bridgehead atoms. The number of rotatable bonds is 1. The maximum atomic E-state index is 9.92. The van der Waals surface area contributed by atoms with E-state index in [4.69, 9.17) is 5.73 Å². The number of carbonyl (C=O) groups is 1. The lowest BCUT2D eigenvalue weighted by molar-refractivity contribution is 0.249. The van der Waals surface area contributed by atoms with Crippen LogP contribution in [0.4, 0.5) is 4.79 Å². The van der Waals surface area contributed by atoms with E-state index in [0.29, 0.717) is 0 Å². The van der Waals surface area contributed by atoms with Crippen LogP contribution in [0.15, 0.2) is 12.2 Å². The van der Waals surface area contributed by atoms with E-state index in [1.165, 1.54) is 0 Å². The molecule has 0 aromatic carbocycles. The van der Waals surface area contributed by atoms with Gasteiger partial charge in [0.2, 0.25) is 0 Å². The molecule has 0 unspecified atom stereocenters. The standard InChI is InChI=1S/C4H6N2O/c5-4(7)6-3-1-2-3/h1-3H,(H3,5,6,7). The van der Waals surface area contributed by atoms with Crippen LogP contribution in [-0.2, 0) is 0 Å². The predicted octanol–water partition coefficient (Wildman–Crippen LogP) is -0.407. The highest BCUT2D eigenvalue weighted by Gasteiger charge is 2.10. The average Bonchev–Trinajstić information content (AvgIpc) is 2.17. The highest BCUT2D eigenvalue weighted by Crippen LogP contribution is 2.01. The summed E-state index contributed by atoms with van der Waals surface area (Å²) in [4.78, 5) is 9.92. The second-order valence-electron chi connectivity index (χ2n) is 1.42. The lowest BCUT2D eigenvalue weighted by Crippen LogP contribution is -2.31. The molecule has 0 radical (unpaired) electrons. The fraction of sp³-hybridized carbons (Fsp3) is 0.250. The summed E-state index contributed by atoms with van der Waals surface area (Å²) in [5.41, 5.74) is 4.74. The zero-order valence-corrected chi connectivity index (χ0v) is 3.72. The third-order valence-electron chi connectivity index (χ3n) is 0.694. The summed E-state index contributed by atoms with van der Waals surface area (Å²) in [5.74, 6) is 0. The Labute approximate surface area is 41.2 Å². The van der Waals surface area contributed by atoms with Crippen LogP contribution in [-0.4, -0.2) is 12.1 Å². The first-order valence-electron chi connectivity index (χ1n) is 2.03. The molecule has 0 aliphatic heterocycles. The van der Waals surface area contributed by atoms with Gasteiger partial charge < -0.3 is 11.1 Å². The maximum absolute atomic E-state index is 9.92. The van der Waals surface area contributed by atoms with Gasteiger partial charge in [0.1, 0.15) is 0 Å². The molecule has 0 saturated carbocycles. The van der Waals surface area contributed by atoms with Gasteiger partial charge in [-0.3, -0.25) is 0 Å². The third-order valence-corrected chi connectivity index (χ3v) is 0.694. The number of nitrogens with one attached hydrogen (secondary N) is 1. The summed E-state index contributed by atoms with van der Waals surface area (Å²) >= 11 is 0. The van der Waals surface area contributed by atoms with E-state index >= 15 is 0 Å². The van der Waals surface area contributed by atoms with Crippen LogP contribution in [0.2, 0.25) is 0 Å². The average molecular weight is 98.1 g/mol. The van der Waals surface area contributed by atoms with E-state index in [9.17, 15) is 4.79 Å². The fourth-order valence-electron chi connectivity index (χ4n) is 0.316. The quantitative estimate of drug-likeness (QED) is 0.430. The summed E-state index contributed by atoms with van der Waals surface area (Å²) in [5, 5.41) is 2.44. The summed E-state index contributed by atoms with van der Waals surface area (Å²) in [6.07, 6.45) is 3.70. The maximum Gasteiger partial charge on any atom is 0.312 e. The molecule has 0 heterocycles. The molecule has 3 heteroatoms. The molecular formula is C4H6N2O. The van der Waals surface area contributed by atoms with Gasteiger partial charge in [-0.25, -0.2) is 4.79 Å². The van der Waals surface area contributed by atoms with Gasteiger partial charge in [0.15, 0.2) is 0 Å². The van der Waals surface area contributed by atoms with Crippen molar-refractivity contribution in [3.8, 4) is 0 Å². The van der Waals surface area contributed by atoms with Crippen LogP contribution in [0.5, 0.6) is 0 Å². The van der Waals surface area contributed by atoms with Crippen molar-refractivity contribution in [2.24, 2.45) is 5.73 Å². The summed E-state index contributed by atoms with van der Waals surface area (Å²) < 4.78 is 0. The fourth-order valence-corrected chi connectivity index (χ4v) is 0.316. The minimum absolute atomic E-state index is 0.150. The Kier molecular flexibility index (Phi) is 0.749. The van der Waals surface area contributed by atoms with E-state index in [0.717, 1.165) is 0 Å². The zero-order valence-electron chi connectivity index (χ0n) is 3.72. The smallest absolute Gasteiger partial charge is 0.312 e. The number of hydrogen-bond acceptors (Lipinski definition) is 1. The lowest BCUT2D eigenvalue weighted by Gasteiger charge is -1.92. The summed E-state index contributed by atoms with van der Waals surface area (Å²) in [6.45, 7) is 0. The van der Waals surface area contributed by atoms with Crippen LogP contribution in [0.1, 0.15) is 0 Å². The molecule has 3 N–H and O–H groups in total. The largest absolute Gasteiger partial charge is 0.352 e.